The third kappa shape index (κ3) is 2.69. The van der Waals surface area contributed by atoms with Gasteiger partial charge in [0.25, 0.3) is 0 Å². The predicted octanol–water partition coefficient (Wildman–Crippen LogP) is 2.97. The predicted molar refractivity (Wildman–Crippen MR) is 78.8 cm³/mol. The van der Waals surface area contributed by atoms with Crippen molar-refractivity contribution in [2.45, 2.75) is 13.0 Å². The summed E-state index contributed by atoms with van der Waals surface area (Å²) < 4.78 is 3.32. The largest absolute Gasteiger partial charge is 0.336 e. The highest BCUT2D eigenvalue weighted by molar-refractivity contribution is 14.1. The zero-order chi connectivity index (χ0) is 12.4. The van der Waals surface area contributed by atoms with Crippen LogP contribution in [0.3, 0.4) is 0 Å². The summed E-state index contributed by atoms with van der Waals surface area (Å²) in [5, 5.41) is 3.21. The molecule has 0 radical (unpaired) electrons. The Morgan fingerprint density at radius 3 is 2.53 bits per heavy atom. The van der Waals surface area contributed by atoms with Gasteiger partial charge in [0.1, 0.15) is 5.82 Å². The molecule has 1 heterocycles. The molecular weight excluding hydrogens is 325 g/mol. The Kier molecular flexibility index (Phi) is 3.83. The average Bonchev–Trinajstić information content (AvgIpc) is 2.71. The topological polar surface area (TPSA) is 29.9 Å². The van der Waals surface area contributed by atoms with Crippen molar-refractivity contribution in [2.24, 2.45) is 7.05 Å². The van der Waals surface area contributed by atoms with E-state index in [2.05, 4.69) is 74.8 Å². The van der Waals surface area contributed by atoms with E-state index in [1.165, 1.54) is 3.57 Å². The quantitative estimate of drug-likeness (QED) is 0.870. The highest BCUT2D eigenvalue weighted by Gasteiger charge is 2.11. The van der Waals surface area contributed by atoms with Crippen molar-refractivity contribution in [3.8, 4) is 11.3 Å². The van der Waals surface area contributed by atoms with Gasteiger partial charge in [-0.1, -0.05) is 12.1 Å². The number of hydrogen-bond acceptors (Lipinski definition) is 2. The number of nitrogens with one attached hydrogen (secondary N) is 1. The van der Waals surface area contributed by atoms with Gasteiger partial charge < -0.3 is 9.88 Å². The Hall–Kier alpha value is -0.880. The van der Waals surface area contributed by atoms with Gasteiger partial charge in [0.15, 0.2) is 0 Å². The van der Waals surface area contributed by atoms with Crippen LogP contribution in [-0.2, 0) is 7.05 Å². The Balaban J connectivity index is 2.37. The second-order valence-corrected chi connectivity index (χ2v) is 5.36. The molecule has 0 aliphatic carbocycles. The van der Waals surface area contributed by atoms with Crippen molar-refractivity contribution in [2.75, 3.05) is 7.05 Å². The fourth-order valence-electron chi connectivity index (χ4n) is 1.77. The molecule has 0 aliphatic heterocycles. The molecule has 0 aliphatic rings. The summed E-state index contributed by atoms with van der Waals surface area (Å²) in [7, 11) is 3.98. The molecule has 0 fully saturated rings. The molecule has 1 unspecified atom stereocenters. The third-order valence-corrected chi connectivity index (χ3v) is 3.59. The van der Waals surface area contributed by atoms with E-state index < -0.39 is 0 Å². The molecule has 17 heavy (non-hydrogen) atoms. The Labute approximate surface area is 115 Å². The normalized spacial score (nSPS) is 12.7. The standard InChI is InChI=1S/C13H16IN3/c1-9(15-2)13-16-12(8-17(13)3)10-4-6-11(14)7-5-10/h4-9,15H,1-3H3. The minimum absolute atomic E-state index is 0.262. The molecule has 0 bridgehead atoms. The smallest absolute Gasteiger partial charge is 0.126 e. The van der Waals surface area contributed by atoms with Gasteiger partial charge in [0.05, 0.1) is 11.7 Å². The first-order valence-electron chi connectivity index (χ1n) is 5.58. The third-order valence-electron chi connectivity index (χ3n) is 2.87. The van der Waals surface area contributed by atoms with E-state index in [0.29, 0.717) is 0 Å². The van der Waals surface area contributed by atoms with Crippen LogP contribution >= 0.6 is 22.6 Å². The van der Waals surface area contributed by atoms with Gasteiger partial charge in [-0.25, -0.2) is 4.98 Å². The molecular formula is C13H16IN3. The van der Waals surface area contributed by atoms with Crippen LogP contribution in [0.1, 0.15) is 18.8 Å². The first kappa shape index (κ1) is 12.6. The van der Waals surface area contributed by atoms with Crippen LogP contribution in [0.25, 0.3) is 11.3 Å². The number of halogens is 1. The Morgan fingerprint density at radius 1 is 1.29 bits per heavy atom. The summed E-state index contributed by atoms with van der Waals surface area (Å²) in [6.07, 6.45) is 2.07. The zero-order valence-corrected chi connectivity index (χ0v) is 12.4. The van der Waals surface area contributed by atoms with Gasteiger partial charge in [0, 0.05) is 22.4 Å². The number of benzene rings is 1. The number of hydrogen-bond donors (Lipinski definition) is 1. The van der Waals surface area contributed by atoms with Crippen molar-refractivity contribution >= 4 is 22.6 Å². The molecule has 90 valence electrons. The van der Waals surface area contributed by atoms with Crippen LogP contribution in [-0.4, -0.2) is 16.6 Å². The van der Waals surface area contributed by atoms with Crippen LogP contribution in [0.5, 0.6) is 0 Å². The highest BCUT2D eigenvalue weighted by atomic mass is 127. The molecule has 0 amide bonds. The molecule has 0 saturated heterocycles. The second-order valence-electron chi connectivity index (χ2n) is 4.11. The summed E-state index contributed by atoms with van der Waals surface area (Å²) >= 11 is 2.31. The molecule has 1 N–H and O–H groups in total. The molecule has 1 atom stereocenters. The fraction of sp³-hybridized carbons (Fsp3) is 0.308. The van der Waals surface area contributed by atoms with Crippen LogP contribution in [0.2, 0.25) is 0 Å². The van der Waals surface area contributed by atoms with Crippen molar-refractivity contribution in [1.29, 1.82) is 0 Å². The van der Waals surface area contributed by atoms with E-state index >= 15 is 0 Å². The molecule has 0 spiro atoms. The summed E-state index contributed by atoms with van der Waals surface area (Å²) in [4.78, 5) is 4.68. The highest BCUT2D eigenvalue weighted by Crippen LogP contribution is 2.21. The lowest BCUT2D eigenvalue weighted by atomic mass is 10.2. The summed E-state index contributed by atoms with van der Waals surface area (Å²) in [5.74, 6) is 1.06. The van der Waals surface area contributed by atoms with E-state index in [4.69, 9.17) is 0 Å². The van der Waals surface area contributed by atoms with Crippen LogP contribution in [0.15, 0.2) is 30.5 Å². The van der Waals surface area contributed by atoms with E-state index in [1.807, 2.05) is 14.1 Å². The fourth-order valence-corrected chi connectivity index (χ4v) is 2.13. The maximum atomic E-state index is 4.68. The molecule has 1 aromatic carbocycles. The van der Waals surface area contributed by atoms with Crippen molar-refractivity contribution in [1.82, 2.24) is 14.9 Å². The van der Waals surface area contributed by atoms with E-state index in [1.54, 1.807) is 0 Å². The van der Waals surface area contributed by atoms with E-state index in [9.17, 15) is 0 Å². The number of aryl methyl sites for hydroxylation is 1. The summed E-state index contributed by atoms with van der Waals surface area (Å²) in [6, 6.07) is 8.69. The molecule has 4 heteroatoms. The molecule has 2 aromatic rings. The van der Waals surface area contributed by atoms with Crippen molar-refractivity contribution in [3.05, 3.63) is 39.9 Å². The minimum Gasteiger partial charge on any atom is -0.336 e. The van der Waals surface area contributed by atoms with Gasteiger partial charge in [-0.2, -0.15) is 0 Å². The van der Waals surface area contributed by atoms with Gasteiger partial charge in [-0.05, 0) is 48.7 Å². The van der Waals surface area contributed by atoms with Crippen molar-refractivity contribution in [3.63, 3.8) is 0 Å². The molecule has 0 saturated carbocycles. The molecule has 2 rings (SSSR count). The number of imidazole rings is 1. The number of rotatable bonds is 3. The average molecular weight is 341 g/mol. The lowest BCUT2D eigenvalue weighted by Crippen LogP contribution is -2.16. The summed E-state index contributed by atoms with van der Waals surface area (Å²) in [6.45, 7) is 2.11. The lowest BCUT2D eigenvalue weighted by Gasteiger charge is -2.08. The van der Waals surface area contributed by atoms with Crippen LogP contribution < -0.4 is 5.32 Å². The van der Waals surface area contributed by atoms with Gasteiger partial charge in [0.2, 0.25) is 0 Å². The van der Waals surface area contributed by atoms with Crippen LogP contribution in [0, 0.1) is 3.57 Å². The van der Waals surface area contributed by atoms with E-state index in [0.717, 1.165) is 17.1 Å². The Morgan fingerprint density at radius 2 is 1.94 bits per heavy atom. The molecule has 1 aromatic heterocycles. The number of nitrogens with zero attached hydrogens (tertiary/aromatic N) is 2. The minimum atomic E-state index is 0.262. The second kappa shape index (κ2) is 5.18. The lowest BCUT2D eigenvalue weighted by molar-refractivity contribution is 0.585. The maximum Gasteiger partial charge on any atom is 0.126 e. The van der Waals surface area contributed by atoms with Gasteiger partial charge in [-0.15, -0.1) is 0 Å². The first-order valence-corrected chi connectivity index (χ1v) is 6.66. The number of aromatic nitrogens is 2. The molecule has 3 nitrogen and oxygen atoms in total. The van der Waals surface area contributed by atoms with Crippen molar-refractivity contribution < 1.29 is 0 Å². The Bertz CT molecular complexity index is 502. The van der Waals surface area contributed by atoms with Gasteiger partial charge >= 0.3 is 0 Å². The summed E-state index contributed by atoms with van der Waals surface area (Å²) in [5.41, 5.74) is 2.19. The maximum absolute atomic E-state index is 4.68. The SMILES string of the molecule is CNC(C)c1nc(-c2ccc(I)cc2)cn1C. The first-order chi connectivity index (χ1) is 8.11. The van der Waals surface area contributed by atoms with Gasteiger partial charge in [-0.3, -0.25) is 0 Å². The zero-order valence-electron chi connectivity index (χ0n) is 10.2. The van der Waals surface area contributed by atoms with E-state index in [-0.39, 0.29) is 6.04 Å². The van der Waals surface area contributed by atoms with Crippen LogP contribution in [0.4, 0.5) is 0 Å². The monoisotopic (exact) mass is 341 g/mol.